The number of hydrogen-bond donors (Lipinski definition) is 1. The van der Waals surface area contributed by atoms with Crippen LogP contribution in [0.1, 0.15) is 5.56 Å². The third kappa shape index (κ3) is 4.10. The zero-order valence-electron chi connectivity index (χ0n) is 11.1. The number of carbonyl (C=O) groups excluding carboxylic acids is 1. The standard InChI is InChI=1S/C15H9Cl2FN2O2/c16-11-6-10(18)2-3-13(11)20-15(21)8-22-14-4-1-9(7-19)5-12(14)17/h1-6H,8H2,(H,20,21). The number of rotatable bonds is 4. The van der Waals surface area contributed by atoms with Crippen molar-refractivity contribution in [3.05, 3.63) is 57.8 Å². The number of nitrogens with one attached hydrogen (secondary N) is 1. The van der Waals surface area contributed by atoms with Crippen molar-refractivity contribution in [2.75, 3.05) is 11.9 Å². The maximum atomic E-state index is 12.9. The van der Waals surface area contributed by atoms with Gasteiger partial charge in [-0.15, -0.1) is 0 Å². The van der Waals surface area contributed by atoms with Gasteiger partial charge in [-0.3, -0.25) is 4.79 Å². The summed E-state index contributed by atoms with van der Waals surface area (Å²) in [7, 11) is 0. The highest BCUT2D eigenvalue weighted by Crippen LogP contribution is 2.25. The number of halogens is 3. The van der Waals surface area contributed by atoms with E-state index >= 15 is 0 Å². The van der Waals surface area contributed by atoms with Crippen LogP contribution in [0.15, 0.2) is 36.4 Å². The molecule has 0 aliphatic heterocycles. The molecule has 22 heavy (non-hydrogen) atoms. The number of benzene rings is 2. The van der Waals surface area contributed by atoms with Gasteiger partial charge in [0.25, 0.3) is 5.91 Å². The normalized spacial score (nSPS) is 9.91. The van der Waals surface area contributed by atoms with Gasteiger partial charge in [-0.2, -0.15) is 5.26 Å². The van der Waals surface area contributed by atoms with Crippen LogP contribution in [0.2, 0.25) is 10.0 Å². The van der Waals surface area contributed by atoms with Crippen molar-refractivity contribution in [1.29, 1.82) is 5.26 Å². The lowest BCUT2D eigenvalue weighted by molar-refractivity contribution is -0.118. The zero-order valence-corrected chi connectivity index (χ0v) is 12.6. The molecule has 0 aliphatic carbocycles. The monoisotopic (exact) mass is 338 g/mol. The summed E-state index contributed by atoms with van der Waals surface area (Å²) < 4.78 is 18.2. The SMILES string of the molecule is N#Cc1ccc(OCC(=O)Nc2ccc(F)cc2Cl)c(Cl)c1. The molecule has 2 aromatic carbocycles. The minimum atomic E-state index is -0.497. The molecule has 4 nitrogen and oxygen atoms in total. The first-order chi connectivity index (χ1) is 10.5. The number of nitriles is 1. The van der Waals surface area contributed by atoms with Crippen molar-refractivity contribution in [3.8, 4) is 11.8 Å². The Morgan fingerprint density at radius 3 is 2.64 bits per heavy atom. The lowest BCUT2D eigenvalue weighted by Crippen LogP contribution is -2.20. The Morgan fingerprint density at radius 1 is 1.23 bits per heavy atom. The maximum Gasteiger partial charge on any atom is 0.262 e. The second-order valence-electron chi connectivity index (χ2n) is 4.22. The molecule has 0 heterocycles. The van der Waals surface area contributed by atoms with E-state index in [0.29, 0.717) is 5.56 Å². The molecule has 0 saturated carbocycles. The van der Waals surface area contributed by atoms with Gasteiger partial charge in [0.15, 0.2) is 6.61 Å². The number of carbonyl (C=O) groups is 1. The van der Waals surface area contributed by atoms with Crippen LogP contribution in [0.5, 0.6) is 5.75 Å². The summed E-state index contributed by atoms with van der Waals surface area (Å²) in [6, 6.07) is 10.0. The Kier molecular flexibility index (Phi) is 5.21. The Balaban J connectivity index is 1.97. The van der Waals surface area contributed by atoms with Crippen LogP contribution in [0.25, 0.3) is 0 Å². The van der Waals surface area contributed by atoms with Crippen LogP contribution in [-0.2, 0) is 4.79 Å². The van der Waals surface area contributed by atoms with Crippen LogP contribution in [-0.4, -0.2) is 12.5 Å². The van der Waals surface area contributed by atoms with Gasteiger partial charge in [-0.05, 0) is 36.4 Å². The molecule has 2 rings (SSSR count). The van der Waals surface area contributed by atoms with Gasteiger partial charge in [0, 0.05) is 0 Å². The highest BCUT2D eigenvalue weighted by Gasteiger charge is 2.09. The largest absolute Gasteiger partial charge is 0.482 e. The minimum absolute atomic E-state index is 0.0877. The molecule has 112 valence electrons. The van der Waals surface area contributed by atoms with E-state index in [-0.39, 0.29) is 28.1 Å². The van der Waals surface area contributed by atoms with Crippen molar-refractivity contribution in [3.63, 3.8) is 0 Å². The first-order valence-electron chi connectivity index (χ1n) is 6.07. The Morgan fingerprint density at radius 2 is 2.00 bits per heavy atom. The zero-order chi connectivity index (χ0) is 16.1. The van der Waals surface area contributed by atoms with E-state index in [4.69, 9.17) is 33.2 Å². The van der Waals surface area contributed by atoms with Gasteiger partial charge >= 0.3 is 0 Å². The highest BCUT2D eigenvalue weighted by molar-refractivity contribution is 6.33. The molecule has 0 aromatic heterocycles. The predicted molar refractivity (Wildman–Crippen MR) is 81.7 cm³/mol. The van der Waals surface area contributed by atoms with E-state index in [2.05, 4.69) is 5.32 Å². The van der Waals surface area contributed by atoms with E-state index in [0.717, 1.165) is 6.07 Å². The van der Waals surface area contributed by atoms with Gasteiger partial charge in [-0.1, -0.05) is 23.2 Å². The molecule has 0 spiro atoms. The number of hydrogen-bond acceptors (Lipinski definition) is 3. The number of nitrogens with zero attached hydrogens (tertiary/aromatic N) is 1. The van der Waals surface area contributed by atoms with E-state index in [9.17, 15) is 9.18 Å². The summed E-state index contributed by atoms with van der Waals surface area (Å²) in [5.74, 6) is -0.696. The summed E-state index contributed by atoms with van der Waals surface area (Å²) in [6.07, 6.45) is 0. The van der Waals surface area contributed by atoms with Gasteiger partial charge in [0.05, 0.1) is 27.4 Å². The number of anilines is 1. The molecule has 1 amide bonds. The lowest BCUT2D eigenvalue weighted by Gasteiger charge is -2.10. The molecule has 0 unspecified atom stereocenters. The van der Waals surface area contributed by atoms with Gasteiger partial charge in [-0.25, -0.2) is 4.39 Å². The van der Waals surface area contributed by atoms with Crippen LogP contribution in [0, 0.1) is 17.1 Å². The van der Waals surface area contributed by atoms with E-state index in [1.165, 1.54) is 30.3 Å². The predicted octanol–water partition coefficient (Wildman–Crippen LogP) is 4.02. The van der Waals surface area contributed by atoms with Crippen molar-refractivity contribution in [2.45, 2.75) is 0 Å². The summed E-state index contributed by atoms with van der Waals surface area (Å²) in [5.41, 5.74) is 0.669. The summed E-state index contributed by atoms with van der Waals surface area (Å²) in [4.78, 5) is 11.8. The second-order valence-corrected chi connectivity index (χ2v) is 5.03. The highest BCUT2D eigenvalue weighted by atomic mass is 35.5. The van der Waals surface area contributed by atoms with Gasteiger partial charge in [0.1, 0.15) is 11.6 Å². The third-order valence-corrected chi connectivity index (χ3v) is 3.23. The molecule has 0 aliphatic rings. The fourth-order valence-corrected chi connectivity index (χ4v) is 2.06. The molecular formula is C15H9Cl2FN2O2. The summed E-state index contributed by atoms with van der Waals surface area (Å²) in [5, 5.41) is 11.5. The Bertz CT molecular complexity index is 760. The smallest absolute Gasteiger partial charge is 0.262 e. The molecule has 2 aromatic rings. The number of ether oxygens (including phenoxy) is 1. The van der Waals surface area contributed by atoms with Crippen LogP contribution in [0.4, 0.5) is 10.1 Å². The average molecular weight is 339 g/mol. The summed E-state index contributed by atoms with van der Waals surface area (Å²) >= 11 is 11.7. The molecule has 0 atom stereocenters. The molecule has 1 N–H and O–H groups in total. The third-order valence-electron chi connectivity index (χ3n) is 2.62. The number of amides is 1. The minimum Gasteiger partial charge on any atom is -0.482 e. The average Bonchev–Trinajstić information content (AvgIpc) is 2.48. The fraction of sp³-hybridized carbons (Fsp3) is 0.0667. The molecule has 0 fully saturated rings. The lowest BCUT2D eigenvalue weighted by atomic mass is 10.2. The van der Waals surface area contributed by atoms with Crippen molar-refractivity contribution in [1.82, 2.24) is 0 Å². The maximum absolute atomic E-state index is 12.9. The van der Waals surface area contributed by atoms with Crippen molar-refractivity contribution < 1.29 is 13.9 Å². The Labute approximate surface area is 136 Å². The van der Waals surface area contributed by atoms with Gasteiger partial charge in [0.2, 0.25) is 0 Å². The van der Waals surface area contributed by atoms with E-state index < -0.39 is 11.7 Å². The van der Waals surface area contributed by atoms with E-state index in [1.54, 1.807) is 0 Å². The van der Waals surface area contributed by atoms with Crippen molar-refractivity contribution >= 4 is 34.8 Å². The van der Waals surface area contributed by atoms with Gasteiger partial charge < -0.3 is 10.1 Å². The van der Waals surface area contributed by atoms with Crippen LogP contribution >= 0.6 is 23.2 Å². The Hall–Kier alpha value is -2.29. The first-order valence-corrected chi connectivity index (χ1v) is 6.82. The molecule has 7 heteroatoms. The topological polar surface area (TPSA) is 62.1 Å². The van der Waals surface area contributed by atoms with Crippen molar-refractivity contribution in [2.24, 2.45) is 0 Å². The fourth-order valence-electron chi connectivity index (χ4n) is 1.61. The van der Waals surface area contributed by atoms with Crippen LogP contribution in [0.3, 0.4) is 0 Å². The molecule has 0 saturated heterocycles. The molecular weight excluding hydrogens is 330 g/mol. The van der Waals surface area contributed by atoms with E-state index in [1.807, 2.05) is 6.07 Å². The molecule has 0 radical (unpaired) electrons. The van der Waals surface area contributed by atoms with Crippen LogP contribution < -0.4 is 10.1 Å². The quantitative estimate of drug-likeness (QED) is 0.915. The first kappa shape index (κ1) is 16.1. The molecule has 0 bridgehead atoms. The summed E-state index contributed by atoms with van der Waals surface area (Å²) in [6.45, 7) is -0.306. The second kappa shape index (κ2) is 7.12.